The first-order valence-electron chi connectivity index (χ1n) is 4.92. The zero-order valence-electron chi connectivity index (χ0n) is 8.60. The van der Waals surface area contributed by atoms with Crippen LogP contribution in [0.2, 0.25) is 0 Å². The molecule has 0 aromatic rings. The Morgan fingerprint density at radius 1 is 1.64 bits per heavy atom. The average molecular weight is 196 g/mol. The van der Waals surface area contributed by atoms with Gasteiger partial charge in [-0.3, -0.25) is 4.79 Å². The minimum Gasteiger partial charge on any atom is -0.393 e. The fourth-order valence-electron chi connectivity index (χ4n) is 1.71. The van der Waals surface area contributed by atoms with Crippen LogP contribution in [0.3, 0.4) is 0 Å². The van der Waals surface area contributed by atoms with Crippen molar-refractivity contribution in [3.8, 4) is 6.07 Å². The number of hydrogen-bond acceptors (Lipinski definition) is 3. The maximum atomic E-state index is 11.6. The first kappa shape index (κ1) is 11.0. The molecule has 78 valence electrons. The Labute approximate surface area is 84.1 Å². The molecular weight excluding hydrogens is 180 g/mol. The van der Waals surface area contributed by atoms with Crippen LogP contribution in [0.25, 0.3) is 0 Å². The monoisotopic (exact) mass is 196 g/mol. The first-order chi connectivity index (χ1) is 6.56. The van der Waals surface area contributed by atoms with Crippen molar-refractivity contribution in [1.29, 1.82) is 5.26 Å². The van der Waals surface area contributed by atoms with Gasteiger partial charge in [-0.25, -0.2) is 0 Å². The Morgan fingerprint density at radius 2 is 2.29 bits per heavy atom. The third kappa shape index (κ3) is 2.24. The fraction of sp³-hybridized carbons (Fsp3) is 0.800. The SMILES string of the molecule is CC(C#N)C(=O)N1CCC(C(C)O)C1. The molecule has 1 saturated heterocycles. The summed E-state index contributed by atoms with van der Waals surface area (Å²) in [4.78, 5) is 13.2. The summed E-state index contributed by atoms with van der Waals surface area (Å²) in [6.07, 6.45) is 0.465. The van der Waals surface area contributed by atoms with Gasteiger partial charge in [-0.15, -0.1) is 0 Å². The zero-order chi connectivity index (χ0) is 10.7. The lowest BCUT2D eigenvalue weighted by Gasteiger charge is -2.18. The van der Waals surface area contributed by atoms with E-state index < -0.39 is 5.92 Å². The van der Waals surface area contributed by atoms with Gasteiger partial charge < -0.3 is 10.0 Å². The van der Waals surface area contributed by atoms with Gasteiger partial charge in [0.15, 0.2) is 0 Å². The van der Waals surface area contributed by atoms with Gasteiger partial charge in [0.1, 0.15) is 5.92 Å². The van der Waals surface area contributed by atoms with E-state index in [0.717, 1.165) is 6.42 Å². The highest BCUT2D eigenvalue weighted by molar-refractivity contribution is 5.81. The van der Waals surface area contributed by atoms with E-state index in [2.05, 4.69) is 0 Å². The lowest BCUT2D eigenvalue weighted by molar-refractivity contribution is -0.132. The molecule has 0 spiro atoms. The van der Waals surface area contributed by atoms with Gasteiger partial charge in [0, 0.05) is 19.0 Å². The zero-order valence-corrected chi connectivity index (χ0v) is 8.60. The van der Waals surface area contributed by atoms with E-state index in [1.54, 1.807) is 18.7 Å². The van der Waals surface area contributed by atoms with Crippen LogP contribution in [0.1, 0.15) is 20.3 Å². The second kappa shape index (κ2) is 4.43. The third-order valence-electron chi connectivity index (χ3n) is 2.78. The van der Waals surface area contributed by atoms with Crippen molar-refractivity contribution >= 4 is 5.91 Å². The molecule has 0 aliphatic carbocycles. The van der Waals surface area contributed by atoms with Gasteiger partial charge in [0.25, 0.3) is 0 Å². The Bertz CT molecular complexity index is 257. The summed E-state index contributed by atoms with van der Waals surface area (Å²) in [5.41, 5.74) is 0. The molecule has 1 N–H and O–H groups in total. The Balaban J connectivity index is 2.51. The van der Waals surface area contributed by atoms with E-state index in [4.69, 9.17) is 5.26 Å². The number of nitrogens with zero attached hydrogens (tertiary/aromatic N) is 2. The van der Waals surface area contributed by atoms with E-state index in [1.165, 1.54) is 0 Å². The number of aliphatic hydroxyl groups is 1. The minimum atomic E-state index is -0.567. The summed E-state index contributed by atoms with van der Waals surface area (Å²) < 4.78 is 0. The highest BCUT2D eigenvalue weighted by atomic mass is 16.3. The topological polar surface area (TPSA) is 64.3 Å². The number of aliphatic hydroxyl groups excluding tert-OH is 1. The lowest BCUT2D eigenvalue weighted by atomic mass is 10.0. The minimum absolute atomic E-state index is 0.115. The average Bonchev–Trinajstić information content (AvgIpc) is 2.64. The molecule has 1 aliphatic rings. The molecule has 3 atom stereocenters. The Morgan fingerprint density at radius 3 is 2.71 bits per heavy atom. The van der Waals surface area contributed by atoms with Crippen LogP contribution in [0.15, 0.2) is 0 Å². The van der Waals surface area contributed by atoms with E-state index >= 15 is 0 Å². The van der Waals surface area contributed by atoms with Gasteiger partial charge in [-0.1, -0.05) is 0 Å². The molecule has 0 saturated carbocycles. The summed E-state index contributed by atoms with van der Waals surface area (Å²) in [5, 5.41) is 17.9. The molecule has 1 fully saturated rings. The van der Waals surface area contributed by atoms with E-state index in [9.17, 15) is 9.90 Å². The van der Waals surface area contributed by atoms with Crippen molar-refractivity contribution in [3.05, 3.63) is 0 Å². The summed E-state index contributed by atoms with van der Waals surface area (Å²) >= 11 is 0. The van der Waals surface area contributed by atoms with Crippen molar-refractivity contribution in [1.82, 2.24) is 4.90 Å². The lowest BCUT2D eigenvalue weighted by Crippen LogP contribution is -2.33. The molecular formula is C10H16N2O2. The normalized spacial score (nSPS) is 25.6. The van der Waals surface area contributed by atoms with Gasteiger partial charge in [-0.2, -0.15) is 5.26 Å². The summed E-state index contributed by atoms with van der Waals surface area (Å²) in [7, 11) is 0. The molecule has 1 rings (SSSR count). The summed E-state index contributed by atoms with van der Waals surface area (Å²) in [5.74, 6) is -0.511. The summed E-state index contributed by atoms with van der Waals surface area (Å²) in [6, 6.07) is 1.93. The molecule has 1 amide bonds. The van der Waals surface area contributed by atoms with Crippen molar-refractivity contribution in [3.63, 3.8) is 0 Å². The molecule has 1 aliphatic heterocycles. The van der Waals surface area contributed by atoms with Crippen molar-refractivity contribution < 1.29 is 9.90 Å². The van der Waals surface area contributed by atoms with Crippen LogP contribution < -0.4 is 0 Å². The van der Waals surface area contributed by atoms with E-state index in [-0.39, 0.29) is 17.9 Å². The van der Waals surface area contributed by atoms with Crippen LogP contribution in [0, 0.1) is 23.2 Å². The number of hydrogen-bond donors (Lipinski definition) is 1. The van der Waals surface area contributed by atoms with Gasteiger partial charge in [-0.05, 0) is 20.3 Å². The first-order valence-corrected chi connectivity index (χ1v) is 4.92. The van der Waals surface area contributed by atoms with Crippen LogP contribution >= 0.6 is 0 Å². The number of carbonyl (C=O) groups is 1. The van der Waals surface area contributed by atoms with Crippen LogP contribution in [-0.2, 0) is 4.79 Å². The highest BCUT2D eigenvalue weighted by Gasteiger charge is 2.30. The third-order valence-corrected chi connectivity index (χ3v) is 2.78. The molecule has 0 bridgehead atoms. The van der Waals surface area contributed by atoms with Crippen molar-refractivity contribution in [2.75, 3.05) is 13.1 Å². The Hall–Kier alpha value is -1.08. The van der Waals surface area contributed by atoms with E-state index in [0.29, 0.717) is 13.1 Å². The van der Waals surface area contributed by atoms with Gasteiger partial charge >= 0.3 is 0 Å². The second-order valence-corrected chi connectivity index (χ2v) is 3.92. The molecule has 4 nitrogen and oxygen atoms in total. The van der Waals surface area contributed by atoms with Gasteiger partial charge in [0.05, 0.1) is 12.2 Å². The second-order valence-electron chi connectivity index (χ2n) is 3.92. The molecule has 4 heteroatoms. The quantitative estimate of drug-likeness (QED) is 0.694. The van der Waals surface area contributed by atoms with Crippen LogP contribution in [-0.4, -0.2) is 35.1 Å². The molecule has 1 heterocycles. The Kier molecular flexibility index (Phi) is 3.48. The fourth-order valence-corrected chi connectivity index (χ4v) is 1.71. The molecule has 0 aromatic carbocycles. The molecule has 0 aromatic heterocycles. The standard InChI is InChI=1S/C10H16N2O2/c1-7(5-11)10(14)12-4-3-9(6-12)8(2)13/h7-9,13H,3-4,6H2,1-2H3. The molecule has 14 heavy (non-hydrogen) atoms. The maximum absolute atomic E-state index is 11.6. The predicted octanol–water partition coefficient (Wildman–Crippen LogP) is 0.375. The van der Waals surface area contributed by atoms with Crippen LogP contribution in [0.4, 0.5) is 0 Å². The van der Waals surface area contributed by atoms with E-state index in [1.807, 2.05) is 6.07 Å². The number of likely N-dealkylation sites (tertiary alicyclic amines) is 1. The number of carbonyl (C=O) groups excluding carboxylic acids is 1. The maximum Gasteiger partial charge on any atom is 0.239 e. The van der Waals surface area contributed by atoms with Crippen LogP contribution in [0.5, 0.6) is 0 Å². The molecule has 3 unspecified atom stereocenters. The summed E-state index contributed by atoms with van der Waals surface area (Å²) in [6.45, 7) is 4.60. The smallest absolute Gasteiger partial charge is 0.239 e. The number of rotatable bonds is 2. The molecule has 0 radical (unpaired) electrons. The highest BCUT2D eigenvalue weighted by Crippen LogP contribution is 2.20. The number of nitriles is 1. The van der Waals surface area contributed by atoms with Crippen molar-refractivity contribution in [2.24, 2.45) is 11.8 Å². The van der Waals surface area contributed by atoms with Crippen molar-refractivity contribution in [2.45, 2.75) is 26.4 Å². The van der Waals surface area contributed by atoms with Gasteiger partial charge in [0.2, 0.25) is 5.91 Å². The number of amides is 1. The largest absolute Gasteiger partial charge is 0.393 e. The predicted molar refractivity (Wildman–Crippen MR) is 51.1 cm³/mol.